The Hall–Kier alpha value is -1.54. The highest BCUT2D eigenvalue weighted by Crippen LogP contribution is 2.25. The highest BCUT2D eigenvalue weighted by Gasteiger charge is 2.28. The Morgan fingerprint density at radius 1 is 1.23 bits per heavy atom. The van der Waals surface area contributed by atoms with Crippen molar-refractivity contribution in [2.45, 2.75) is 84.1 Å². The molecule has 1 fully saturated rings. The maximum absolute atomic E-state index is 12.7. The fraction of sp³-hybridized carbons (Fsp3) is 0.727. The number of carbonyl (C=O) groups is 2. The Bertz CT molecular complexity index is 753. The van der Waals surface area contributed by atoms with Crippen molar-refractivity contribution in [2.24, 2.45) is 0 Å². The molecule has 1 aliphatic heterocycles. The summed E-state index contributed by atoms with van der Waals surface area (Å²) < 4.78 is 0. The average Bonchev–Trinajstić information content (AvgIpc) is 2.69. The van der Waals surface area contributed by atoms with Gasteiger partial charge in [0.25, 0.3) is 0 Å². The van der Waals surface area contributed by atoms with Gasteiger partial charge >= 0.3 is 0 Å². The first-order chi connectivity index (χ1) is 14.6. The summed E-state index contributed by atoms with van der Waals surface area (Å²) >= 11 is 7.58. The van der Waals surface area contributed by atoms with Crippen molar-refractivity contribution in [2.75, 3.05) is 30.3 Å². The zero-order valence-corrected chi connectivity index (χ0v) is 21.2. The van der Waals surface area contributed by atoms with E-state index in [1.54, 1.807) is 6.07 Å². The Morgan fingerprint density at radius 3 is 2.48 bits per heavy atom. The van der Waals surface area contributed by atoms with Gasteiger partial charge in [0.2, 0.25) is 11.8 Å². The lowest BCUT2D eigenvalue weighted by Crippen LogP contribution is -2.54. The molecule has 0 spiro atoms. The maximum Gasteiger partial charge on any atom is 0.233 e. The van der Waals surface area contributed by atoms with Crippen LogP contribution < -0.4 is 4.90 Å². The van der Waals surface area contributed by atoms with E-state index in [0.29, 0.717) is 36.4 Å². The highest BCUT2D eigenvalue weighted by molar-refractivity contribution is 7.99. The molecule has 7 nitrogen and oxygen atoms in total. The van der Waals surface area contributed by atoms with Crippen LogP contribution in [0.2, 0.25) is 5.15 Å². The van der Waals surface area contributed by atoms with Gasteiger partial charge in [-0.25, -0.2) is 9.97 Å². The molecule has 0 radical (unpaired) electrons. The molecule has 1 atom stereocenters. The number of unbranched alkanes of at least 4 members (excludes halogenated alkanes) is 1. The molecule has 1 saturated heterocycles. The van der Waals surface area contributed by atoms with Crippen LogP contribution in [0.25, 0.3) is 0 Å². The third kappa shape index (κ3) is 7.24. The van der Waals surface area contributed by atoms with E-state index < -0.39 is 0 Å². The molecule has 2 heterocycles. The number of aromatic nitrogens is 2. The van der Waals surface area contributed by atoms with Gasteiger partial charge in [-0.15, -0.1) is 0 Å². The van der Waals surface area contributed by atoms with Crippen LogP contribution in [0, 0.1) is 0 Å². The molecule has 0 N–H and O–H groups in total. The fourth-order valence-corrected chi connectivity index (χ4v) is 4.94. The van der Waals surface area contributed by atoms with Gasteiger partial charge in [0, 0.05) is 50.2 Å². The topological polar surface area (TPSA) is 69.6 Å². The first-order valence-corrected chi connectivity index (χ1v) is 12.5. The number of halogens is 1. The number of hydrogen-bond donors (Lipinski definition) is 0. The molecule has 0 aliphatic carbocycles. The number of hydrogen-bond acceptors (Lipinski definition) is 6. The summed E-state index contributed by atoms with van der Waals surface area (Å²) in [5.74, 6) is 1.30. The average molecular weight is 470 g/mol. The molecule has 0 bridgehead atoms. The number of piperazine rings is 1. The molecule has 174 valence electrons. The van der Waals surface area contributed by atoms with Crippen LogP contribution in [0.5, 0.6) is 0 Å². The molecular formula is C22H36ClN5O2S. The molecule has 2 amide bonds. The Balaban J connectivity index is 2.03. The number of nitrogens with zero attached hydrogens (tertiary/aromatic N) is 5. The summed E-state index contributed by atoms with van der Waals surface area (Å²) in [4.78, 5) is 40.0. The molecule has 0 saturated carbocycles. The predicted molar refractivity (Wildman–Crippen MR) is 128 cm³/mol. The molecule has 1 aliphatic rings. The van der Waals surface area contributed by atoms with Gasteiger partial charge < -0.3 is 14.7 Å². The van der Waals surface area contributed by atoms with Crippen LogP contribution >= 0.6 is 23.4 Å². The van der Waals surface area contributed by atoms with Gasteiger partial charge in [0.1, 0.15) is 11.0 Å². The monoisotopic (exact) mass is 469 g/mol. The molecule has 31 heavy (non-hydrogen) atoms. The van der Waals surface area contributed by atoms with Gasteiger partial charge in [-0.3, -0.25) is 9.59 Å². The largest absolute Gasteiger partial charge is 0.353 e. The van der Waals surface area contributed by atoms with Crippen LogP contribution in [0.15, 0.2) is 11.2 Å². The van der Waals surface area contributed by atoms with E-state index >= 15 is 0 Å². The molecule has 0 aromatic carbocycles. The van der Waals surface area contributed by atoms with Crippen molar-refractivity contribution in [3.8, 4) is 0 Å². The second kappa shape index (κ2) is 11.9. The third-order valence-electron chi connectivity index (χ3n) is 5.40. The van der Waals surface area contributed by atoms with Gasteiger partial charge in [0.15, 0.2) is 5.16 Å². The van der Waals surface area contributed by atoms with Crippen LogP contribution in [-0.4, -0.2) is 75.1 Å². The predicted octanol–water partition coefficient (Wildman–Crippen LogP) is 4.09. The van der Waals surface area contributed by atoms with E-state index in [-0.39, 0.29) is 35.7 Å². The van der Waals surface area contributed by atoms with Crippen molar-refractivity contribution in [1.29, 1.82) is 0 Å². The SMILES string of the molecule is CCCCC(=O)N1CCN(c2cc(Cl)nc(SCC(=O)N(C(C)C)C(C)C)n2)CC1C. The smallest absolute Gasteiger partial charge is 0.233 e. The summed E-state index contributed by atoms with van der Waals surface area (Å²) in [6.07, 6.45) is 2.56. The summed E-state index contributed by atoms with van der Waals surface area (Å²) in [6.45, 7) is 14.3. The Morgan fingerprint density at radius 2 is 1.90 bits per heavy atom. The number of anilines is 1. The van der Waals surface area contributed by atoms with Gasteiger partial charge in [0.05, 0.1) is 5.75 Å². The molecule has 1 aromatic rings. The standard InChI is InChI=1S/C22H36ClN5O2S/c1-7-8-9-20(29)27-11-10-26(13-17(27)6)19-12-18(23)24-22(25-19)31-14-21(30)28(15(2)3)16(4)5/h12,15-17H,7-11,13-14H2,1-6H3. The zero-order valence-electron chi connectivity index (χ0n) is 19.6. The molecular weight excluding hydrogens is 434 g/mol. The molecule has 2 rings (SSSR count). The molecule has 1 unspecified atom stereocenters. The molecule has 9 heteroatoms. The number of carbonyl (C=O) groups excluding carboxylic acids is 2. The summed E-state index contributed by atoms with van der Waals surface area (Å²) in [5.41, 5.74) is 0. The second-order valence-corrected chi connectivity index (χ2v) is 9.92. The van der Waals surface area contributed by atoms with Crippen molar-refractivity contribution in [1.82, 2.24) is 19.8 Å². The summed E-state index contributed by atoms with van der Waals surface area (Å²) in [6, 6.07) is 2.14. The van der Waals surface area contributed by atoms with Gasteiger partial charge in [-0.05, 0) is 41.0 Å². The lowest BCUT2D eigenvalue weighted by Gasteiger charge is -2.40. The summed E-state index contributed by atoms with van der Waals surface area (Å²) in [7, 11) is 0. The normalized spacial score (nSPS) is 16.9. The number of amides is 2. The van der Waals surface area contributed by atoms with E-state index in [1.165, 1.54) is 11.8 Å². The van der Waals surface area contributed by atoms with Crippen LogP contribution in [-0.2, 0) is 9.59 Å². The van der Waals surface area contributed by atoms with Crippen molar-refractivity contribution >= 4 is 41.0 Å². The molecule has 1 aromatic heterocycles. The van der Waals surface area contributed by atoms with E-state index in [0.717, 1.165) is 18.7 Å². The van der Waals surface area contributed by atoms with Crippen LogP contribution in [0.3, 0.4) is 0 Å². The maximum atomic E-state index is 12.7. The fourth-order valence-electron chi connectivity index (χ4n) is 3.99. The first-order valence-electron chi connectivity index (χ1n) is 11.2. The third-order valence-corrected chi connectivity index (χ3v) is 6.43. The minimum absolute atomic E-state index is 0.0629. The number of rotatable bonds is 9. The minimum atomic E-state index is 0.0629. The van der Waals surface area contributed by atoms with Crippen LogP contribution in [0.4, 0.5) is 5.82 Å². The lowest BCUT2D eigenvalue weighted by atomic mass is 10.1. The minimum Gasteiger partial charge on any atom is -0.353 e. The Labute approximate surface area is 195 Å². The first kappa shape index (κ1) is 25.7. The van der Waals surface area contributed by atoms with E-state index in [1.807, 2.05) is 37.5 Å². The number of thioether (sulfide) groups is 1. The Kier molecular flexibility index (Phi) is 9.88. The van der Waals surface area contributed by atoms with E-state index in [9.17, 15) is 9.59 Å². The van der Waals surface area contributed by atoms with Crippen molar-refractivity contribution < 1.29 is 9.59 Å². The highest BCUT2D eigenvalue weighted by atomic mass is 35.5. The summed E-state index contributed by atoms with van der Waals surface area (Å²) in [5, 5.41) is 0.857. The van der Waals surface area contributed by atoms with Crippen molar-refractivity contribution in [3.05, 3.63) is 11.2 Å². The lowest BCUT2D eigenvalue weighted by molar-refractivity contribution is -0.134. The van der Waals surface area contributed by atoms with E-state index in [4.69, 9.17) is 11.6 Å². The zero-order chi connectivity index (χ0) is 23.1. The second-order valence-electron chi connectivity index (χ2n) is 8.59. The van der Waals surface area contributed by atoms with Crippen molar-refractivity contribution in [3.63, 3.8) is 0 Å². The van der Waals surface area contributed by atoms with Crippen LogP contribution in [0.1, 0.15) is 60.8 Å². The quantitative estimate of drug-likeness (QED) is 0.308. The van der Waals surface area contributed by atoms with E-state index in [2.05, 4.69) is 28.7 Å². The van der Waals surface area contributed by atoms with Gasteiger partial charge in [-0.1, -0.05) is 36.7 Å². The van der Waals surface area contributed by atoms with Gasteiger partial charge in [-0.2, -0.15) is 0 Å².